The van der Waals surface area contributed by atoms with Crippen molar-refractivity contribution < 1.29 is 38.1 Å². The van der Waals surface area contributed by atoms with E-state index in [1.54, 1.807) is 0 Å². The molecule has 2 rings (SSSR count). The number of hydrogen-bond donors (Lipinski definition) is 1. The molecule has 8 nitrogen and oxygen atoms in total. The van der Waals surface area contributed by atoms with Gasteiger partial charge in [0.1, 0.15) is 5.60 Å². The predicted octanol–water partition coefficient (Wildman–Crippen LogP) is 9.36. The molecule has 2 heterocycles. The van der Waals surface area contributed by atoms with Crippen LogP contribution in [0.1, 0.15) is 113 Å². The van der Waals surface area contributed by atoms with Gasteiger partial charge >= 0.3 is 11.9 Å². The minimum atomic E-state index is -2.03. The molecule has 0 unspecified atom stereocenters. The second-order valence-electron chi connectivity index (χ2n) is 18.0. The van der Waals surface area contributed by atoms with Crippen molar-refractivity contribution in [1.82, 2.24) is 0 Å². The van der Waals surface area contributed by atoms with Crippen LogP contribution < -0.4 is 0 Å². The Hall–Kier alpha value is -1.75. The Morgan fingerprint density at radius 1 is 1.08 bits per heavy atom. The number of hydrogen-bond acceptors (Lipinski definition) is 8. The van der Waals surface area contributed by atoms with Gasteiger partial charge in [-0.3, -0.25) is 9.59 Å². The summed E-state index contributed by atoms with van der Waals surface area (Å²) in [5.74, 6) is 1.46. The summed E-state index contributed by atoms with van der Waals surface area (Å²) < 4.78 is 31.7. The summed E-state index contributed by atoms with van der Waals surface area (Å²) in [6.45, 7) is 26.7. The fraction of sp³-hybridized carbons (Fsp3) is 0.805. The molecule has 2 aliphatic heterocycles. The molecule has 0 saturated carbocycles. The van der Waals surface area contributed by atoms with Crippen molar-refractivity contribution in [3.05, 3.63) is 23.8 Å². The fourth-order valence-corrected chi connectivity index (χ4v) is 8.29. The molecule has 51 heavy (non-hydrogen) atoms. The van der Waals surface area contributed by atoms with E-state index in [1.165, 1.54) is 0 Å². The topological polar surface area (TPSA) is 101 Å². The van der Waals surface area contributed by atoms with Gasteiger partial charge in [-0.15, -0.1) is 6.42 Å². The van der Waals surface area contributed by atoms with Crippen LogP contribution in [0.4, 0.5) is 0 Å². The van der Waals surface area contributed by atoms with Crippen molar-refractivity contribution in [1.29, 1.82) is 0 Å². The molecule has 10 heteroatoms. The summed E-state index contributed by atoms with van der Waals surface area (Å²) in [6.07, 6.45) is 17.3. The Morgan fingerprint density at radius 3 is 2.33 bits per heavy atom. The number of rotatable bonds is 18. The zero-order valence-electron chi connectivity index (χ0n) is 34.2. The maximum absolute atomic E-state index is 13.1. The number of carbonyl (C=O) groups excluding carboxylic acids is 2. The van der Waals surface area contributed by atoms with E-state index in [1.807, 2.05) is 6.92 Å². The van der Waals surface area contributed by atoms with E-state index in [-0.39, 0.29) is 48.6 Å². The van der Waals surface area contributed by atoms with Gasteiger partial charge in [-0.2, -0.15) is 0 Å². The van der Waals surface area contributed by atoms with Gasteiger partial charge in [-0.25, -0.2) is 0 Å². The Morgan fingerprint density at radius 2 is 1.75 bits per heavy atom. The maximum Gasteiger partial charge on any atom is 0.307 e. The Bertz CT molecular complexity index is 1230. The van der Waals surface area contributed by atoms with Crippen LogP contribution in [0.3, 0.4) is 0 Å². The highest BCUT2D eigenvalue weighted by Crippen LogP contribution is 2.47. The molecule has 2 saturated heterocycles. The summed E-state index contributed by atoms with van der Waals surface area (Å²) in [5, 5.41) is 10.0. The lowest BCUT2D eigenvalue weighted by atomic mass is 9.78. The molecular weight excluding hydrogens is 677 g/mol. The minimum Gasteiger partial charge on any atom is -0.466 e. The normalized spacial score (nSPS) is 27.6. The van der Waals surface area contributed by atoms with Gasteiger partial charge in [0.05, 0.1) is 31.7 Å². The van der Waals surface area contributed by atoms with Crippen LogP contribution in [-0.4, -0.2) is 76.4 Å². The number of terminal acetylenes is 1. The van der Waals surface area contributed by atoms with Crippen LogP contribution in [0.25, 0.3) is 0 Å². The SMILES string of the molecule is C#C[C@@H]1O[C@@]2(CC[C@H](C)[C@@H](C/C=C(C)/C=C/[C@H](O[Si](C)(C)C(C)(C)C)[C@@H](C)CO)O2)CC[C@@]1(CCCC)OC(=O)CCC(=O)OCC[Si](C)(C)C. The molecule has 0 radical (unpaired) electrons. The first kappa shape index (κ1) is 45.4. The highest BCUT2D eigenvalue weighted by molar-refractivity contribution is 6.76. The largest absolute Gasteiger partial charge is 0.466 e. The molecule has 0 amide bonds. The average Bonchev–Trinajstić information content (AvgIpc) is 3.04. The van der Waals surface area contributed by atoms with Crippen molar-refractivity contribution in [2.24, 2.45) is 11.8 Å². The molecule has 0 aliphatic carbocycles. The zero-order chi connectivity index (χ0) is 38.7. The Kier molecular flexibility index (Phi) is 17.4. The molecule has 2 fully saturated rings. The molecule has 0 aromatic heterocycles. The lowest BCUT2D eigenvalue weighted by molar-refractivity contribution is -0.343. The standard InChI is InChI=1S/C41H72O8Si2/c1-14-16-24-40(48-38(44)22-21-37(43)45-28-29-50(9,10)11)26-27-41(47-36(40)15-2)25-23-32(4)34(46-41)19-17-31(3)18-20-35(33(5)30-42)49-51(12,13)39(6,7)8/h2,17-18,20,32-36,42H,14,16,19,21-30H2,1,3-13H3/b20-18+,31-17+/t32-,33-,34+,35-,36-,40+,41-/m0/s1. The van der Waals surface area contributed by atoms with Crippen LogP contribution in [0.2, 0.25) is 43.8 Å². The summed E-state index contributed by atoms with van der Waals surface area (Å²) in [7, 11) is -3.35. The van der Waals surface area contributed by atoms with E-state index in [2.05, 4.69) is 98.4 Å². The van der Waals surface area contributed by atoms with Gasteiger partial charge in [0.25, 0.3) is 0 Å². The van der Waals surface area contributed by atoms with Crippen LogP contribution in [0.15, 0.2) is 23.8 Å². The van der Waals surface area contributed by atoms with Crippen LogP contribution in [-0.2, 0) is 33.0 Å². The third-order valence-electron chi connectivity index (χ3n) is 11.1. The summed E-state index contributed by atoms with van der Waals surface area (Å²) in [6, 6.07) is 0.888. The molecule has 0 aromatic carbocycles. The second-order valence-corrected chi connectivity index (χ2v) is 28.3. The summed E-state index contributed by atoms with van der Waals surface area (Å²) >= 11 is 0. The monoisotopic (exact) mass is 748 g/mol. The van der Waals surface area contributed by atoms with Crippen molar-refractivity contribution in [3.63, 3.8) is 0 Å². The molecule has 0 bridgehead atoms. The van der Waals surface area contributed by atoms with E-state index < -0.39 is 39.9 Å². The number of allylic oxidation sites excluding steroid dienone is 2. The summed E-state index contributed by atoms with van der Waals surface area (Å²) in [4.78, 5) is 25.5. The van der Waals surface area contributed by atoms with E-state index in [0.717, 1.165) is 43.7 Å². The van der Waals surface area contributed by atoms with E-state index in [4.69, 9.17) is 29.8 Å². The van der Waals surface area contributed by atoms with Crippen molar-refractivity contribution >= 4 is 28.3 Å². The minimum absolute atomic E-state index is 0.0119. The number of unbranched alkanes of at least 4 members (excludes halogenated alkanes) is 1. The quantitative estimate of drug-likeness (QED) is 0.0641. The molecule has 1 N–H and O–H groups in total. The van der Waals surface area contributed by atoms with Gasteiger partial charge in [0.2, 0.25) is 0 Å². The smallest absolute Gasteiger partial charge is 0.307 e. The second kappa shape index (κ2) is 19.5. The number of ether oxygens (including phenoxy) is 4. The van der Waals surface area contributed by atoms with Gasteiger partial charge < -0.3 is 28.5 Å². The average molecular weight is 749 g/mol. The highest BCUT2D eigenvalue weighted by atomic mass is 28.4. The first-order chi connectivity index (χ1) is 23.6. The molecule has 292 valence electrons. The zero-order valence-corrected chi connectivity index (χ0v) is 36.2. The highest BCUT2D eigenvalue weighted by Gasteiger charge is 2.54. The molecular formula is C41H72O8Si2. The Labute approximate surface area is 313 Å². The molecule has 0 aromatic rings. The lowest BCUT2D eigenvalue weighted by Crippen LogP contribution is -2.59. The van der Waals surface area contributed by atoms with E-state index in [0.29, 0.717) is 31.8 Å². The number of carbonyl (C=O) groups is 2. The van der Waals surface area contributed by atoms with Crippen molar-refractivity contribution in [3.8, 4) is 12.3 Å². The van der Waals surface area contributed by atoms with Crippen molar-refractivity contribution in [2.75, 3.05) is 13.2 Å². The van der Waals surface area contributed by atoms with Gasteiger partial charge in [0, 0.05) is 33.4 Å². The van der Waals surface area contributed by atoms with Gasteiger partial charge in [-0.1, -0.05) is 97.3 Å². The third kappa shape index (κ3) is 14.2. The number of esters is 2. The fourth-order valence-electron chi connectivity index (χ4n) is 6.23. The molecule has 2 aliphatic rings. The first-order valence-corrected chi connectivity index (χ1v) is 26.1. The van der Waals surface area contributed by atoms with Crippen LogP contribution in [0.5, 0.6) is 0 Å². The molecule has 7 atom stereocenters. The lowest BCUT2D eigenvalue weighted by Gasteiger charge is -2.52. The van der Waals surface area contributed by atoms with E-state index >= 15 is 0 Å². The Balaban J connectivity index is 2.12. The van der Waals surface area contributed by atoms with E-state index in [9.17, 15) is 14.7 Å². The maximum atomic E-state index is 13.1. The van der Waals surface area contributed by atoms with Crippen LogP contribution in [0, 0.1) is 24.2 Å². The van der Waals surface area contributed by atoms with Gasteiger partial charge in [0.15, 0.2) is 20.2 Å². The first-order valence-electron chi connectivity index (χ1n) is 19.4. The predicted molar refractivity (Wildman–Crippen MR) is 211 cm³/mol. The number of aliphatic hydroxyl groups is 1. The van der Waals surface area contributed by atoms with Crippen molar-refractivity contribution in [2.45, 2.75) is 186 Å². The number of aliphatic hydroxyl groups excluding tert-OH is 1. The third-order valence-corrected chi connectivity index (χ3v) is 17.3. The van der Waals surface area contributed by atoms with Crippen LogP contribution >= 0.6 is 0 Å². The molecule has 1 spiro atoms. The van der Waals surface area contributed by atoms with Gasteiger partial charge in [-0.05, 0) is 69.1 Å². The summed E-state index contributed by atoms with van der Waals surface area (Å²) in [5.41, 5.74) is 0.142.